The number of nitrogens with one attached hydrogen (secondary N) is 3. The summed E-state index contributed by atoms with van der Waals surface area (Å²) in [5.41, 5.74) is 1.78. The summed E-state index contributed by atoms with van der Waals surface area (Å²) in [6, 6.07) is 15.7. The number of carboxylic acid groups (broad SMARTS) is 1. The summed E-state index contributed by atoms with van der Waals surface area (Å²) in [4.78, 5) is 67.8. The quantitative estimate of drug-likeness (QED) is 0.264. The van der Waals surface area contributed by atoms with Crippen LogP contribution in [0.1, 0.15) is 49.8 Å². The minimum atomic E-state index is -1.88. The van der Waals surface area contributed by atoms with Crippen LogP contribution in [0.3, 0.4) is 0 Å². The summed E-state index contributed by atoms with van der Waals surface area (Å²) < 4.78 is 0. The molecule has 2 aliphatic rings. The van der Waals surface area contributed by atoms with E-state index in [9.17, 15) is 29.1 Å². The van der Waals surface area contributed by atoms with E-state index in [2.05, 4.69) is 16.0 Å². The minimum Gasteiger partial charge on any atom is -0.479 e. The summed E-state index contributed by atoms with van der Waals surface area (Å²) in [6.07, 6.45) is -1.27. The Hall–Kier alpha value is -4.29. The number of aliphatic hydroxyl groups excluding tert-OH is 1. The van der Waals surface area contributed by atoms with E-state index in [0.29, 0.717) is 19.3 Å². The zero-order valence-electron chi connectivity index (χ0n) is 24.3. The molecule has 2 aromatic carbocycles. The van der Waals surface area contributed by atoms with Gasteiger partial charge in [-0.1, -0.05) is 60.7 Å². The molecule has 0 saturated carbocycles. The lowest BCUT2D eigenvalue weighted by molar-refractivity contribution is -0.152. The van der Waals surface area contributed by atoms with Crippen LogP contribution in [0.15, 0.2) is 60.7 Å². The Morgan fingerprint density at radius 2 is 1.56 bits per heavy atom. The van der Waals surface area contributed by atoms with Gasteiger partial charge in [-0.05, 0) is 44.4 Å². The van der Waals surface area contributed by atoms with E-state index in [4.69, 9.17) is 5.11 Å². The molecule has 43 heavy (non-hydrogen) atoms. The van der Waals surface area contributed by atoms with Crippen molar-refractivity contribution in [2.24, 2.45) is 0 Å². The van der Waals surface area contributed by atoms with Gasteiger partial charge in [-0.3, -0.25) is 19.2 Å². The molecule has 2 heterocycles. The Kier molecular flexibility index (Phi) is 10.5. The number of rotatable bonds is 10. The molecule has 0 unspecified atom stereocenters. The van der Waals surface area contributed by atoms with Gasteiger partial charge in [0.15, 0.2) is 6.10 Å². The number of benzene rings is 2. The standard InChI is InChI=1S/C31H39N5O7/c1-19(32-2)28(39)33-23-18-35(26(38)17-25(37)31(42)43)16-15-22-13-14-24(36(22)30(23)41)29(40)34-27(20-9-5-3-6-10-20)21-11-7-4-8-12-21/h3-12,19,22-25,27,32,37H,13-18H2,1-2H3,(H,33,39)(H,34,40)(H,42,43)/t19-,22+,23-,24-,25+/m0/s1. The van der Waals surface area contributed by atoms with Crippen LogP contribution in [0, 0.1) is 0 Å². The minimum absolute atomic E-state index is 0.165. The molecule has 5 atom stereocenters. The molecule has 4 amide bonds. The number of aliphatic carboxylic acids is 1. The molecule has 0 radical (unpaired) electrons. The molecule has 12 nitrogen and oxygen atoms in total. The number of carbonyl (C=O) groups is 5. The van der Waals surface area contributed by atoms with Gasteiger partial charge in [0.25, 0.3) is 0 Å². The molecule has 230 valence electrons. The van der Waals surface area contributed by atoms with Crippen LogP contribution in [0.25, 0.3) is 0 Å². The SMILES string of the molecule is CN[C@@H](C)C(=O)N[C@H]1CN(C(=O)C[C@@H](O)C(=O)O)CC[C@H]2CC[C@@H](C(=O)NC(c3ccccc3)c3ccccc3)N2C1=O. The van der Waals surface area contributed by atoms with E-state index in [-0.39, 0.29) is 25.0 Å². The smallest absolute Gasteiger partial charge is 0.333 e. The highest BCUT2D eigenvalue weighted by molar-refractivity contribution is 5.94. The number of likely N-dealkylation sites (N-methyl/N-ethyl adjacent to an activating group) is 1. The second-order valence-electron chi connectivity index (χ2n) is 11.0. The van der Waals surface area contributed by atoms with Gasteiger partial charge in [-0.2, -0.15) is 0 Å². The largest absolute Gasteiger partial charge is 0.479 e. The lowest BCUT2D eigenvalue weighted by Gasteiger charge is -2.39. The van der Waals surface area contributed by atoms with Crippen LogP contribution in [0.2, 0.25) is 0 Å². The van der Waals surface area contributed by atoms with Crippen LogP contribution >= 0.6 is 0 Å². The van der Waals surface area contributed by atoms with E-state index in [0.717, 1.165) is 11.1 Å². The van der Waals surface area contributed by atoms with Crippen LogP contribution in [0.5, 0.6) is 0 Å². The molecule has 2 saturated heterocycles. The first kappa shape index (κ1) is 31.6. The van der Waals surface area contributed by atoms with E-state index in [1.807, 2.05) is 60.7 Å². The molecular weight excluding hydrogens is 554 g/mol. The van der Waals surface area contributed by atoms with E-state index in [1.54, 1.807) is 18.9 Å². The maximum absolute atomic E-state index is 14.1. The predicted octanol–water partition coefficient (Wildman–Crippen LogP) is 0.412. The van der Waals surface area contributed by atoms with Crippen molar-refractivity contribution in [1.82, 2.24) is 25.8 Å². The third kappa shape index (κ3) is 7.57. The Balaban J connectivity index is 1.59. The number of nitrogens with zero attached hydrogens (tertiary/aromatic N) is 2. The van der Waals surface area contributed by atoms with Crippen LogP contribution in [-0.2, 0) is 24.0 Å². The first-order valence-corrected chi connectivity index (χ1v) is 14.5. The average Bonchev–Trinajstić information content (AvgIpc) is 3.43. The van der Waals surface area contributed by atoms with Gasteiger partial charge >= 0.3 is 5.97 Å². The average molecular weight is 594 g/mol. The lowest BCUT2D eigenvalue weighted by atomic mass is 9.98. The lowest BCUT2D eigenvalue weighted by Crippen LogP contribution is -2.62. The molecule has 4 rings (SSSR count). The molecule has 12 heteroatoms. The van der Waals surface area contributed by atoms with Gasteiger partial charge < -0.3 is 36.0 Å². The number of carbonyl (C=O) groups excluding carboxylic acids is 4. The summed E-state index contributed by atoms with van der Waals surface area (Å²) in [5.74, 6) is -3.45. The molecule has 5 N–H and O–H groups in total. The first-order chi connectivity index (χ1) is 20.6. The zero-order chi connectivity index (χ0) is 31.1. The maximum atomic E-state index is 14.1. The number of amides is 4. The topological polar surface area (TPSA) is 168 Å². The van der Waals surface area contributed by atoms with Crippen molar-refractivity contribution in [2.75, 3.05) is 20.1 Å². The second-order valence-corrected chi connectivity index (χ2v) is 11.0. The Bertz CT molecular complexity index is 1270. The molecule has 0 aliphatic carbocycles. The monoisotopic (exact) mass is 593 g/mol. The Morgan fingerprint density at radius 1 is 0.953 bits per heavy atom. The first-order valence-electron chi connectivity index (χ1n) is 14.5. The fourth-order valence-corrected chi connectivity index (χ4v) is 5.66. The Morgan fingerprint density at radius 3 is 2.12 bits per heavy atom. The second kappa shape index (κ2) is 14.3. The van der Waals surface area contributed by atoms with E-state index < -0.39 is 60.4 Å². The van der Waals surface area contributed by atoms with Crippen molar-refractivity contribution in [1.29, 1.82) is 0 Å². The highest BCUT2D eigenvalue weighted by Gasteiger charge is 2.46. The van der Waals surface area contributed by atoms with Gasteiger partial charge in [0, 0.05) is 19.1 Å². The molecule has 2 aromatic rings. The number of hydrogen-bond donors (Lipinski definition) is 5. The molecule has 2 aliphatic heterocycles. The number of hydrogen-bond acceptors (Lipinski definition) is 7. The van der Waals surface area contributed by atoms with Crippen molar-refractivity contribution in [3.63, 3.8) is 0 Å². The summed E-state index contributed by atoms with van der Waals surface area (Å²) in [7, 11) is 1.60. The molecule has 0 bridgehead atoms. The molecule has 0 aromatic heterocycles. The van der Waals surface area contributed by atoms with Crippen molar-refractivity contribution in [3.05, 3.63) is 71.8 Å². The van der Waals surface area contributed by atoms with Crippen molar-refractivity contribution in [2.45, 2.75) is 68.9 Å². The summed E-state index contributed by atoms with van der Waals surface area (Å²) in [5, 5.41) is 27.5. The van der Waals surface area contributed by atoms with Gasteiger partial charge in [0.05, 0.1) is 18.5 Å². The molecular formula is C31H39N5O7. The van der Waals surface area contributed by atoms with Crippen molar-refractivity contribution in [3.8, 4) is 0 Å². The fraction of sp³-hybridized carbons (Fsp3) is 0.452. The molecule has 0 spiro atoms. The van der Waals surface area contributed by atoms with E-state index >= 15 is 0 Å². The van der Waals surface area contributed by atoms with Gasteiger partial charge in [-0.15, -0.1) is 0 Å². The third-order valence-electron chi connectivity index (χ3n) is 8.19. The third-order valence-corrected chi connectivity index (χ3v) is 8.19. The fourth-order valence-electron chi connectivity index (χ4n) is 5.66. The van der Waals surface area contributed by atoms with Gasteiger partial charge in [-0.25, -0.2) is 4.79 Å². The van der Waals surface area contributed by atoms with Crippen LogP contribution in [-0.4, -0.2) is 100 Å². The van der Waals surface area contributed by atoms with Crippen LogP contribution < -0.4 is 16.0 Å². The highest BCUT2D eigenvalue weighted by Crippen LogP contribution is 2.31. The molecule has 2 fully saturated rings. The zero-order valence-corrected chi connectivity index (χ0v) is 24.3. The normalized spacial score (nSPS) is 21.8. The van der Waals surface area contributed by atoms with Gasteiger partial charge in [0.1, 0.15) is 12.1 Å². The number of aliphatic hydroxyl groups is 1. The maximum Gasteiger partial charge on any atom is 0.333 e. The van der Waals surface area contributed by atoms with Crippen molar-refractivity contribution >= 4 is 29.6 Å². The van der Waals surface area contributed by atoms with Gasteiger partial charge in [0.2, 0.25) is 23.6 Å². The Labute approximate surface area is 250 Å². The predicted molar refractivity (Wildman–Crippen MR) is 156 cm³/mol. The van der Waals surface area contributed by atoms with Crippen LogP contribution in [0.4, 0.5) is 0 Å². The summed E-state index contributed by atoms with van der Waals surface area (Å²) >= 11 is 0. The summed E-state index contributed by atoms with van der Waals surface area (Å²) in [6.45, 7) is 1.57. The van der Waals surface area contributed by atoms with Crippen molar-refractivity contribution < 1.29 is 34.2 Å². The number of carboxylic acids is 1. The highest BCUT2D eigenvalue weighted by atomic mass is 16.4. The number of fused-ring (bicyclic) bond motifs is 1. The van der Waals surface area contributed by atoms with E-state index in [1.165, 1.54) is 4.90 Å².